The van der Waals surface area contributed by atoms with Gasteiger partial charge >= 0.3 is 10.8 Å². The molecule has 3 aromatic carbocycles. The topological polar surface area (TPSA) is 50.8 Å². The van der Waals surface area contributed by atoms with Crippen molar-refractivity contribution in [2.45, 2.75) is 23.1 Å². The lowest BCUT2D eigenvalue weighted by Gasteiger charge is -2.34. The van der Waals surface area contributed by atoms with Gasteiger partial charge in [0, 0.05) is 5.69 Å². The molecule has 0 bridgehead atoms. The van der Waals surface area contributed by atoms with Crippen molar-refractivity contribution in [3.8, 4) is 5.75 Å². The lowest BCUT2D eigenvalue weighted by Crippen LogP contribution is -2.50. The minimum atomic E-state index is -3.37. The second kappa shape index (κ2) is 8.43. The molecule has 8 heteroatoms. The van der Waals surface area contributed by atoms with E-state index in [-0.39, 0.29) is 0 Å². The summed E-state index contributed by atoms with van der Waals surface area (Å²) < 4.78 is 39.6. The van der Waals surface area contributed by atoms with E-state index < -0.39 is 29.1 Å². The number of carbonyl (C=O) groups is 1. The van der Waals surface area contributed by atoms with Crippen molar-refractivity contribution >= 4 is 38.4 Å². The van der Waals surface area contributed by atoms with Gasteiger partial charge in [-0.1, -0.05) is 36.4 Å². The van der Waals surface area contributed by atoms with Crippen LogP contribution >= 0.6 is 15.9 Å². The van der Waals surface area contributed by atoms with E-state index in [9.17, 15) is 13.6 Å². The average Bonchev–Trinajstić information content (AvgIpc) is 3.19. The first-order valence-electron chi connectivity index (χ1n) is 9.65. The Hall–Kier alpha value is -2.71. The van der Waals surface area contributed by atoms with Crippen LogP contribution in [0.4, 0.5) is 14.5 Å². The number of hydrogen-bond donors (Lipinski definition) is 1. The van der Waals surface area contributed by atoms with Crippen molar-refractivity contribution in [1.29, 1.82) is 0 Å². The van der Waals surface area contributed by atoms with Crippen LogP contribution in [0.25, 0.3) is 10.8 Å². The molecule has 162 valence electrons. The van der Waals surface area contributed by atoms with Crippen molar-refractivity contribution in [1.82, 2.24) is 5.32 Å². The summed E-state index contributed by atoms with van der Waals surface area (Å²) >= 11 is 2.50. The summed E-state index contributed by atoms with van der Waals surface area (Å²) in [5, 5.41) is 5.07. The van der Waals surface area contributed by atoms with Crippen LogP contribution in [0.1, 0.15) is 11.7 Å². The second-order valence-electron chi connectivity index (χ2n) is 7.27. The van der Waals surface area contributed by atoms with E-state index in [1.807, 2.05) is 42.5 Å². The maximum atomic E-state index is 14.8. The number of hydrogen-bond acceptors (Lipinski definition) is 5. The zero-order chi connectivity index (χ0) is 22.2. The van der Waals surface area contributed by atoms with Gasteiger partial charge in [-0.25, -0.2) is 0 Å². The maximum absolute atomic E-state index is 14.8. The molecule has 1 aliphatic rings. The van der Waals surface area contributed by atoms with Gasteiger partial charge in [-0.2, -0.15) is 8.78 Å². The Morgan fingerprint density at radius 2 is 1.71 bits per heavy atom. The molecule has 1 saturated heterocycles. The first-order valence-corrected chi connectivity index (χ1v) is 10.4. The van der Waals surface area contributed by atoms with Gasteiger partial charge in [0.25, 0.3) is 0 Å². The Balaban J connectivity index is 1.85. The number of anilines is 1. The van der Waals surface area contributed by atoms with Gasteiger partial charge in [0.2, 0.25) is 0 Å². The highest BCUT2D eigenvalue weighted by molar-refractivity contribution is 9.10. The minimum Gasteiger partial charge on any atom is -0.497 e. The predicted molar refractivity (Wildman–Crippen MR) is 119 cm³/mol. The molecule has 0 saturated carbocycles. The third-order valence-electron chi connectivity index (χ3n) is 5.48. The van der Waals surface area contributed by atoms with E-state index in [4.69, 9.17) is 9.47 Å². The zero-order valence-electron chi connectivity index (χ0n) is 16.9. The smallest absolute Gasteiger partial charge is 0.325 e. The quantitative estimate of drug-likeness (QED) is 0.409. The highest BCUT2D eigenvalue weighted by atomic mass is 79.9. The molecule has 0 amide bonds. The number of halogens is 3. The number of ether oxygens (including phenoxy) is 2. The molecule has 0 spiro atoms. The Labute approximate surface area is 187 Å². The lowest BCUT2D eigenvalue weighted by atomic mass is 10.0. The first-order chi connectivity index (χ1) is 14.8. The maximum Gasteiger partial charge on any atom is 0.325 e. The number of methoxy groups -OCH3 is 2. The van der Waals surface area contributed by atoms with Crippen molar-refractivity contribution < 1.29 is 23.0 Å². The predicted octanol–water partition coefficient (Wildman–Crippen LogP) is 4.85. The van der Waals surface area contributed by atoms with Crippen molar-refractivity contribution in [3.63, 3.8) is 0 Å². The van der Waals surface area contributed by atoms with Gasteiger partial charge in [-0.05, 0) is 62.6 Å². The summed E-state index contributed by atoms with van der Waals surface area (Å²) in [6, 6.07) is 17.6. The van der Waals surface area contributed by atoms with Gasteiger partial charge in [0.1, 0.15) is 24.0 Å². The summed E-state index contributed by atoms with van der Waals surface area (Å²) in [4.78, 5) is 10.6. The van der Waals surface area contributed by atoms with Crippen LogP contribution < -0.4 is 15.0 Å². The molecule has 0 unspecified atom stereocenters. The summed E-state index contributed by atoms with van der Waals surface area (Å²) in [6.07, 6.45) is -0.685. The summed E-state index contributed by atoms with van der Waals surface area (Å²) in [6.45, 7) is 0. The number of esters is 1. The molecule has 1 aliphatic heterocycles. The van der Waals surface area contributed by atoms with E-state index in [1.54, 1.807) is 24.3 Å². The highest BCUT2D eigenvalue weighted by Crippen LogP contribution is 2.44. The number of alkyl halides is 3. The summed E-state index contributed by atoms with van der Waals surface area (Å²) in [7, 11) is 2.72. The highest BCUT2D eigenvalue weighted by Gasteiger charge is 2.56. The third kappa shape index (κ3) is 4.09. The monoisotopic (exact) mass is 490 g/mol. The number of nitrogens with zero attached hydrogens (tertiary/aromatic N) is 1. The van der Waals surface area contributed by atoms with Crippen molar-refractivity contribution in [3.05, 3.63) is 72.3 Å². The summed E-state index contributed by atoms with van der Waals surface area (Å²) in [5.74, 6) is -0.157. The van der Waals surface area contributed by atoms with E-state index >= 15 is 0 Å². The SMILES string of the molecule is COC(=O)[C@@H]1N[C@@H](c2ccc3ccccc3c2)N(c2ccc(OC)cc2)[C@H]1C(F)(F)Br. The molecule has 3 atom stereocenters. The van der Waals surface area contributed by atoms with Crippen LogP contribution in [-0.4, -0.2) is 37.1 Å². The van der Waals surface area contributed by atoms with Crippen LogP contribution in [0, 0.1) is 0 Å². The fourth-order valence-corrected chi connectivity index (χ4v) is 4.52. The number of nitrogens with one attached hydrogen (secondary N) is 1. The molecule has 1 fully saturated rings. The van der Waals surface area contributed by atoms with E-state index in [1.165, 1.54) is 19.1 Å². The largest absolute Gasteiger partial charge is 0.497 e. The van der Waals surface area contributed by atoms with Gasteiger partial charge < -0.3 is 14.4 Å². The third-order valence-corrected chi connectivity index (χ3v) is 5.95. The molecule has 3 aromatic rings. The van der Waals surface area contributed by atoms with Crippen LogP contribution in [-0.2, 0) is 9.53 Å². The number of benzene rings is 3. The van der Waals surface area contributed by atoms with Gasteiger partial charge in [-0.3, -0.25) is 10.1 Å². The van der Waals surface area contributed by atoms with Gasteiger partial charge in [-0.15, -0.1) is 0 Å². The Bertz CT molecular complexity index is 1090. The molecule has 31 heavy (non-hydrogen) atoms. The van der Waals surface area contributed by atoms with Crippen LogP contribution in [0.15, 0.2) is 66.7 Å². The lowest BCUT2D eigenvalue weighted by molar-refractivity contribution is -0.144. The minimum absolute atomic E-state index is 0.516. The van der Waals surface area contributed by atoms with Gasteiger partial charge in [0.05, 0.1) is 14.2 Å². The fraction of sp³-hybridized carbons (Fsp3) is 0.261. The molecule has 1 heterocycles. The van der Waals surface area contributed by atoms with E-state index in [2.05, 4.69) is 21.2 Å². The molecule has 0 aromatic heterocycles. The summed E-state index contributed by atoms with van der Waals surface area (Å²) in [5.41, 5.74) is 1.27. The molecule has 0 aliphatic carbocycles. The Kier molecular flexibility index (Phi) is 5.85. The van der Waals surface area contributed by atoms with E-state index in [0.29, 0.717) is 11.4 Å². The van der Waals surface area contributed by atoms with Crippen LogP contribution in [0.5, 0.6) is 5.75 Å². The number of fused-ring (bicyclic) bond motifs is 1. The van der Waals surface area contributed by atoms with Crippen molar-refractivity contribution in [2.75, 3.05) is 19.1 Å². The number of carbonyl (C=O) groups excluding carboxylic acids is 1. The fourth-order valence-electron chi connectivity index (χ4n) is 4.03. The van der Waals surface area contributed by atoms with Crippen molar-refractivity contribution in [2.24, 2.45) is 0 Å². The molecule has 0 radical (unpaired) electrons. The second-order valence-corrected chi connectivity index (χ2v) is 8.33. The zero-order valence-corrected chi connectivity index (χ0v) is 18.5. The molecule has 4 rings (SSSR count). The average molecular weight is 491 g/mol. The molecule has 5 nitrogen and oxygen atoms in total. The molecular formula is C23H21BrF2N2O3. The Morgan fingerprint density at radius 3 is 2.32 bits per heavy atom. The van der Waals surface area contributed by atoms with E-state index in [0.717, 1.165) is 16.3 Å². The molecule has 1 N–H and O–H groups in total. The first kappa shape index (κ1) is 21.5. The standard InChI is InChI=1S/C23H21BrF2N2O3/c1-30-18-11-9-17(10-12-18)28-20(23(24,25)26)19(22(29)31-2)27-21(28)16-8-7-14-5-3-4-6-15(14)13-16/h3-13,19-21,27H,1-2H3/t19-,20-,21-/m1/s1. The van der Waals surface area contributed by atoms with Crippen LogP contribution in [0.2, 0.25) is 0 Å². The van der Waals surface area contributed by atoms with Crippen LogP contribution in [0.3, 0.4) is 0 Å². The van der Waals surface area contributed by atoms with Gasteiger partial charge in [0.15, 0.2) is 0 Å². The normalized spacial score (nSPS) is 21.3. The Morgan fingerprint density at radius 1 is 1.03 bits per heavy atom. The molecular weight excluding hydrogens is 470 g/mol. The number of rotatable bonds is 5.